The third kappa shape index (κ3) is 4.35. The fourth-order valence-corrected chi connectivity index (χ4v) is 3.89. The Morgan fingerprint density at radius 3 is 2.87 bits per heavy atom. The smallest absolute Gasteiger partial charge is 0.254 e. The molecular formula is C23H25FN4O2. The van der Waals surface area contributed by atoms with E-state index in [1.54, 1.807) is 12.4 Å². The largest absolute Gasteiger partial charge is 0.477 e. The van der Waals surface area contributed by atoms with Crippen molar-refractivity contribution in [3.63, 3.8) is 0 Å². The van der Waals surface area contributed by atoms with Crippen LogP contribution in [0.4, 0.5) is 4.39 Å². The average Bonchev–Trinajstić information content (AvgIpc) is 3.28. The first-order chi connectivity index (χ1) is 14.5. The number of likely N-dealkylation sites (tertiary alicyclic amines) is 1. The number of aromatic nitrogens is 3. The Hall–Kier alpha value is -3.22. The quantitative estimate of drug-likeness (QED) is 0.686. The van der Waals surface area contributed by atoms with Crippen molar-refractivity contribution in [1.82, 2.24) is 20.1 Å². The minimum atomic E-state index is -0.391. The maximum atomic E-state index is 13.5. The standard InChI is InChI=1S/C23H25FN4O2/c1-15-3-7-20(18-10-26-27-11-18)21(9-15)23(29)28-13-17(5-4-16(28)2)14-30-22-8-6-19(24)12-25-22/h3,6-12,16-17H,4-5,13-14H2,1-2H3,(H,26,27)/t16-,17-/m1/s1. The molecule has 1 N–H and O–H groups in total. The topological polar surface area (TPSA) is 71.1 Å². The number of piperidine rings is 1. The van der Waals surface area contributed by atoms with E-state index < -0.39 is 5.82 Å². The number of halogens is 1. The number of hydrogen-bond acceptors (Lipinski definition) is 4. The molecule has 3 aromatic rings. The summed E-state index contributed by atoms with van der Waals surface area (Å²) in [5.41, 5.74) is 3.49. The van der Waals surface area contributed by atoms with Crippen LogP contribution >= 0.6 is 0 Å². The van der Waals surface area contributed by atoms with E-state index in [-0.39, 0.29) is 17.9 Å². The Morgan fingerprint density at radius 1 is 1.27 bits per heavy atom. The zero-order valence-corrected chi connectivity index (χ0v) is 17.1. The third-order valence-corrected chi connectivity index (χ3v) is 5.62. The molecule has 3 heterocycles. The summed E-state index contributed by atoms with van der Waals surface area (Å²) in [4.78, 5) is 19.4. The van der Waals surface area contributed by atoms with E-state index in [1.807, 2.05) is 30.0 Å². The molecule has 1 aliphatic heterocycles. The molecule has 1 saturated heterocycles. The van der Waals surface area contributed by atoms with Gasteiger partial charge in [-0.25, -0.2) is 9.37 Å². The fourth-order valence-electron chi connectivity index (χ4n) is 3.89. The second-order valence-electron chi connectivity index (χ2n) is 7.91. The molecule has 4 rings (SSSR count). The van der Waals surface area contributed by atoms with E-state index in [0.717, 1.165) is 35.7 Å². The number of rotatable bonds is 5. The van der Waals surface area contributed by atoms with Crippen LogP contribution in [-0.4, -0.2) is 45.2 Å². The van der Waals surface area contributed by atoms with Crippen molar-refractivity contribution in [3.8, 4) is 17.0 Å². The second kappa shape index (κ2) is 8.65. The zero-order chi connectivity index (χ0) is 21.1. The maximum absolute atomic E-state index is 13.5. The molecule has 0 aliphatic carbocycles. The highest BCUT2D eigenvalue weighted by Crippen LogP contribution is 2.29. The van der Waals surface area contributed by atoms with E-state index in [9.17, 15) is 9.18 Å². The fraction of sp³-hybridized carbons (Fsp3) is 0.348. The highest BCUT2D eigenvalue weighted by atomic mass is 19.1. The van der Waals surface area contributed by atoms with Crippen LogP contribution in [-0.2, 0) is 0 Å². The van der Waals surface area contributed by atoms with E-state index >= 15 is 0 Å². The Kier molecular flexibility index (Phi) is 5.79. The molecule has 0 radical (unpaired) electrons. The third-order valence-electron chi connectivity index (χ3n) is 5.62. The summed E-state index contributed by atoms with van der Waals surface area (Å²) < 4.78 is 18.8. The first kappa shape index (κ1) is 20.1. The van der Waals surface area contributed by atoms with Crippen LogP contribution in [0.15, 0.2) is 48.9 Å². The van der Waals surface area contributed by atoms with E-state index in [1.165, 1.54) is 12.1 Å². The summed E-state index contributed by atoms with van der Waals surface area (Å²) in [6.45, 7) is 5.13. The van der Waals surface area contributed by atoms with Gasteiger partial charge in [0.2, 0.25) is 5.88 Å². The lowest BCUT2D eigenvalue weighted by Crippen LogP contribution is -2.47. The molecule has 30 heavy (non-hydrogen) atoms. The molecule has 6 nitrogen and oxygen atoms in total. The lowest BCUT2D eigenvalue weighted by Gasteiger charge is -2.38. The summed E-state index contributed by atoms with van der Waals surface area (Å²) in [5.74, 6) is 0.220. The van der Waals surface area contributed by atoms with Crippen LogP contribution in [0.25, 0.3) is 11.1 Å². The van der Waals surface area contributed by atoms with E-state index in [0.29, 0.717) is 24.6 Å². The number of benzene rings is 1. The van der Waals surface area contributed by atoms with Crippen molar-refractivity contribution in [3.05, 3.63) is 65.9 Å². The number of amides is 1. The lowest BCUT2D eigenvalue weighted by atomic mass is 9.92. The molecule has 1 amide bonds. The van der Waals surface area contributed by atoms with E-state index in [2.05, 4.69) is 22.1 Å². The number of nitrogens with one attached hydrogen (secondary N) is 1. The van der Waals surface area contributed by atoms with Crippen LogP contribution < -0.4 is 4.74 Å². The number of carbonyl (C=O) groups is 1. The predicted molar refractivity (Wildman–Crippen MR) is 112 cm³/mol. The Morgan fingerprint density at radius 2 is 2.13 bits per heavy atom. The number of ether oxygens (including phenoxy) is 1. The zero-order valence-electron chi connectivity index (χ0n) is 17.1. The van der Waals surface area contributed by atoms with Gasteiger partial charge in [0.25, 0.3) is 5.91 Å². The number of aromatic amines is 1. The first-order valence-electron chi connectivity index (χ1n) is 10.2. The van der Waals surface area contributed by atoms with Crippen molar-refractivity contribution in [2.45, 2.75) is 32.7 Å². The molecule has 1 fully saturated rings. The minimum absolute atomic E-state index is 0.0204. The summed E-state index contributed by atoms with van der Waals surface area (Å²) >= 11 is 0. The van der Waals surface area contributed by atoms with Crippen LogP contribution in [0.5, 0.6) is 5.88 Å². The summed E-state index contributed by atoms with van der Waals surface area (Å²) in [6.07, 6.45) is 6.54. The Labute approximate surface area is 175 Å². The molecule has 0 saturated carbocycles. The molecule has 0 bridgehead atoms. The maximum Gasteiger partial charge on any atom is 0.254 e. The molecular weight excluding hydrogens is 383 g/mol. The summed E-state index contributed by atoms with van der Waals surface area (Å²) in [6, 6.07) is 8.92. The van der Waals surface area contributed by atoms with Gasteiger partial charge in [-0.1, -0.05) is 17.7 Å². The Balaban J connectivity index is 1.50. The van der Waals surface area contributed by atoms with Gasteiger partial charge in [0.15, 0.2) is 0 Å². The lowest BCUT2D eigenvalue weighted by molar-refractivity contribution is 0.0503. The average molecular weight is 408 g/mol. The predicted octanol–water partition coefficient (Wildman–Crippen LogP) is 4.24. The number of aryl methyl sites for hydroxylation is 1. The van der Waals surface area contributed by atoms with E-state index in [4.69, 9.17) is 4.74 Å². The van der Waals surface area contributed by atoms with Crippen molar-refractivity contribution < 1.29 is 13.9 Å². The van der Waals surface area contributed by atoms with Gasteiger partial charge in [0.1, 0.15) is 5.82 Å². The molecule has 1 aliphatic rings. The molecule has 7 heteroatoms. The van der Waals surface area contributed by atoms with Gasteiger partial charge in [-0.3, -0.25) is 9.89 Å². The molecule has 156 valence electrons. The van der Waals surface area contributed by atoms with Crippen LogP contribution in [0.1, 0.15) is 35.7 Å². The van der Waals surface area contributed by atoms with Crippen LogP contribution in [0.2, 0.25) is 0 Å². The number of hydrogen-bond donors (Lipinski definition) is 1. The number of nitrogens with zero attached hydrogens (tertiary/aromatic N) is 3. The van der Waals surface area contributed by atoms with Gasteiger partial charge >= 0.3 is 0 Å². The molecule has 2 aromatic heterocycles. The summed E-state index contributed by atoms with van der Waals surface area (Å²) in [5, 5.41) is 6.84. The number of carbonyl (C=O) groups excluding carboxylic acids is 1. The second-order valence-corrected chi connectivity index (χ2v) is 7.91. The number of H-pyrrole nitrogens is 1. The molecule has 0 unspecified atom stereocenters. The first-order valence-corrected chi connectivity index (χ1v) is 10.2. The monoisotopic (exact) mass is 408 g/mol. The molecule has 1 aromatic carbocycles. The van der Waals surface area contributed by atoms with Crippen LogP contribution in [0.3, 0.4) is 0 Å². The van der Waals surface area contributed by atoms with Crippen LogP contribution in [0, 0.1) is 18.7 Å². The van der Waals surface area contributed by atoms with Gasteiger partial charge in [-0.15, -0.1) is 0 Å². The van der Waals surface area contributed by atoms with Gasteiger partial charge in [-0.05, 0) is 44.4 Å². The van der Waals surface area contributed by atoms with Gasteiger partial charge in [0, 0.05) is 41.9 Å². The van der Waals surface area contributed by atoms with Crippen molar-refractivity contribution in [2.75, 3.05) is 13.2 Å². The Bertz CT molecular complexity index is 1000. The number of pyridine rings is 1. The highest BCUT2D eigenvalue weighted by Gasteiger charge is 2.31. The van der Waals surface area contributed by atoms with Gasteiger partial charge in [0.05, 0.1) is 19.0 Å². The van der Waals surface area contributed by atoms with Crippen molar-refractivity contribution in [2.24, 2.45) is 5.92 Å². The molecule has 0 spiro atoms. The van der Waals surface area contributed by atoms with Crippen molar-refractivity contribution in [1.29, 1.82) is 0 Å². The highest BCUT2D eigenvalue weighted by molar-refractivity contribution is 6.01. The molecule has 2 atom stereocenters. The SMILES string of the molecule is Cc1ccc(-c2cn[nH]c2)c(C(=O)N2C[C@H](COc3ccc(F)cn3)CC[C@H]2C)c1. The normalized spacial score (nSPS) is 19.0. The van der Waals surface area contributed by atoms with Gasteiger partial charge in [-0.2, -0.15) is 5.10 Å². The minimum Gasteiger partial charge on any atom is -0.477 e. The van der Waals surface area contributed by atoms with Gasteiger partial charge < -0.3 is 9.64 Å². The summed E-state index contributed by atoms with van der Waals surface area (Å²) in [7, 11) is 0. The van der Waals surface area contributed by atoms with Crippen molar-refractivity contribution >= 4 is 5.91 Å².